The lowest BCUT2D eigenvalue weighted by molar-refractivity contribution is -0.139. The highest BCUT2D eigenvalue weighted by Crippen LogP contribution is 2.35. The highest BCUT2D eigenvalue weighted by Gasteiger charge is 2.35. The summed E-state index contributed by atoms with van der Waals surface area (Å²) in [6.45, 7) is 1.06. The van der Waals surface area contributed by atoms with Crippen molar-refractivity contribution < 1.29 is 27.1 Å². The van der Waals surface area contributed by atoms with Gasteiger partial charge in [0.2, 0.25) is 11.8 Å². The lowest BCUT2D eigenvalue weighted by atomic mass is 10.0. The molecule has 0 aliphatic rings. The van der Waals surface area contributed by atoms with Crippen molar-refractivity contribution in [3.63, 3.8) is 0 Å². The third-order valence-electron chi connectivity index (χ3n) is 7.08. The minimum Gasteiger partial charge on any atom is -0.495 e. The molecule has 0 saturated heterocycles. The summed E-state index contributed by atoms with van der Waals surface area (Å²) < 4.78 is 48.5. The number of rotatable bonds is 12. The van der Waals surface area contributed by atoms with Crippen LogP contribution in [-0.2, 0) is 32.6 Å². The van der Waals surface area contributed by atoms with Gasteiger partial charge in [-0.3, -0.25) is 13.9 Å². The highest BCUT2D eigenvalue weighted by atomic mass is 35.5. The zero-order valence-electron chi connectivity index (χ0n) is 24.5. The summed E-state index contributed by atoms with van der Waals surface area (Å²) in [4.78, 5) is 28.9. The topological polar surface area (TPSA) is 96.0 Å². The van der Waals surface area contributed by atoms with Crippen molar-refractivity contribution in [2.45, 2.75) is 30.8 Å². The van der Waals surface area contributed by atoms with Crippen LogP contribution in [0.5, 0.6) is 5.75 Å². The van der Waals surface area contributed by atoms with Crippen LogP contribution in [0, 0.1) is 12.7 Å². The normalized spacial score (nSPS) is 11.8. The molecule has 0 aliphatic carbocycles. The van der Waals surface area contributed by atoms with E-state index in [0.29, 0.717) is 5.56 Å². The minimum absolute atomic E-state index is 0.0462. The number of carbonyl (C=O) groups is 2. The molecule has 0 radical (unpaired) electrons. The molecule has 230 valence electrons. The molecule has 0 bridgehead atoms. The van der Waals surface area contributed by atoms with Crippen LogP contribution in [0.25, 0.3) is 0 Å². The fraction of sp³-hybridized carbons (Fsp3) is 0.212. The highest BCUT2D eigenvalue weighted by molar-refractivity contribution is 7.92. The van der Waals surface area contributed by atoms with E-state index < -0.39 is 40.2 Å². The lowest BCUT2D eigenvalue weighted by Crippen LogP contribution is -2.53. The molecule has 4 aromatic rings. The van der Waals surface area contributed by atoms with Crippen molar-refractivity contribution in [1.29, 1.82) is 0 Å². The largest absolute Gasteiger partial charge is 0.495 e. The van der Waals surface area contributed by atoms with E-state index in [1.807, 2.05) is 37.3 Å². The van der Waals surface area contributed by atoms with Crippen LogP contribution in [0.3, 0.4) is 0 Å². The SMILES string of the molecule is CNC(=O)[C@H](Cc1ccccc1)N(Cc1ccc(F)cc1)C(=O)CN(c1cc(Cl)ccc1OC)S(=O)(=O)c1ccc(C)cc1. The number of benzene rings is 4. The van der Waals surface area contributed by atoms with Crippen LogP contribution >= 0.6 is 11.6 Å². The molecule has 8 nitrogen and oxygen atoms in total. The Labute approximate surface area is 262 Å². The third-order valence-corrected chi connectivity index (χ3v) is 9.09. The van der Waals surface area contributed by atoms with E-state index in [1.54, 1.807) is 18.2 Å². The molecule has 4 rings (SSSR count). The quantitative estimate of drug-likeness (QED) is 0.225. The van der Waals surface area contributed by atoms with Gasteiger partial charge in [0.05, 0.1) is 17.7 Å². The van der Waals surface area contributed by atoms with Gasteiger partial charge in [0.15, 0.2) is 0 Å². The van der Waals surface area contributed by atoms with Crippen molar-refractivity contribution in [3.8, 4) is 5.75 Å². The number of anilines is 1. The molecule has 0 aromatic heterocycles. The predicted molar refractivity (Wildman–Crippen MR) is 169 cm³/mol. The molecule has 1 atom stereocenters. The van der Waals surface area contributed by atoms with E-state index in [0.717, 1.165) is 15.4 Å². The number of sulfonamides is 1. The van der Waals surface area contributed by atoms with Gasteiger partial charge < -0.3 is 15.0 Å². The van der Waals surface area contributed by atoms with Gasteiger partial charge in [-0.15, -0.1) is 0 Å². The number of halogens is 2. The minimum atomic E-state index is -4.34. The summed E-state index contributed by atoms with van der Waals surface area (Å²) in [5, 5.41) is 2.86. The van der Waals surface area contributed by atoms with Crippen molar-refractivity contribution in [2.24, 2.45) is 0 Å². The number of methoxy groups -OCH3 is 1. The Kier molecular flexibility index (Phi) is 10.6. The number of hydrogen-bond donors (Lipinski definition) is 1. The number of amides is 2. The second-order valence-corrected chi connectivity index (χ2v) is 12.4. The lowest BCUT2D eigenvalue weighted by Gasteiger charge is -2.34. The van der Waals surface area contributed by atoms with Gasteiger partial charge in [0.1, 0.15) is 24.2 Å². The van der Waals surface area contributed by atoms with Crippen LogP contribution in [0.1, 0.15) is 16.7 Å². The Morgan fingerprint density at radius 2 is 1.59 bits per heavy atom. The monoisotopic (exact) mass is 637 g/mol. The van der Waals surface area contributed by atoms with Crippen molar-refractivity contribution in [2.75, 3.05) is 25.0 Å². The first-order valence-electron chi connectivity index (χ1n) is 13.8. The van der Waals surface area contributed by atoms with Gasteiger partial charge in [-0.1, -0.05) is 71.8 Å². The molecule has 11 heteroatoms. The molecule has 0 fully saturated rings. The summed E-state index contributed by atoms with van der Waals surface area (Å²) in [5.74, 6) is -1.40. The number of hydrogen-bond acceptors (Lipinski definition) is 5. The number of aryl methyl sites for hydroxylation is 1. The van der Waals surface area contributed by atoms with Crippen LogP contribution in [0.15, 0.2) is 102 Å². The Balaban J connectivity index is 1.83. The summed E-state index contributed by atoms with van der Waals surface area (Å²) in [6.07, 6.45) is 0.151. The van der Waals surface area contributed by atoms with Gasteiger partial charge in [-0.25, -0.2) is 12.8 Å². The van der Waals surface area contributed by atoms with Crippen LogP contribution in [0.4, 0.5) is 10.1 Å². The first kappa shape index (κ1) is 32.5. The third kappa shape index (κ3) is 7.75. The maximum Gasteiger partial charge on any atom is 0.264 e. The van der Waals surface area contributed by atoms with Crippen LogP contribution in [-0.4, -0.2) is 51.9 Å². The second-order valence-electron chi connectivity index (χ2n) is 10.1. The molecule has 44 heavy (non-hydrogen) atoms. The van der Waals surface area contributed by atoms with Gasteiger partial charge in [-0.05, 0) is 60.5 Å². The first-order chi connectivity index (χ1) is 21.0. The number of ether oxygens (including phenoxy) is 1. The predicted octanol–water partition coefficient (Wildman–Crippen LogP) is 5.38. The molecule has 4 aromatic carbocycles. The van der Waals surface area contributed by atoms with Crippen molar-refractivity contribution in [1.82, 2.24) is 10.2 Å². The van der Waals surface area contributed by atoms with Gasteiger partial charge in [-0.2, -0.15) is 0 Å². The van der Waals surface area contributed by atoms with Gasteiger partial charge in [0, 0.05) is 25.0 Å². The molecule has 0 saturated carbocycles. The number of likely N-dealkylation sites (N-methyl/N-ethyl adjacent to an activating group) is 1. The van der Waals surface area contributed by atoms with Crippen LogP contribution < -0.4 is 14.4 Å². The Morgan fingerprint density at radius 3 is 2.20 bits per heavy atom. The van der Waals surface area contributed by atoms with E-state index in [-0.39, 0.29) is 34.3 Å². The van der Waals surface area contributed by atoms with Crippen LogP contribution in [0.2, 0.25) is 5.02 Å². The van der Waals surface area contributed by atoms with Crippen molar-refractivity contribution >= 4 is 39.1 Å². The van der Waals surface area contributed by atoms with Gasteiger partial charge in [0.25, 0.3) is 10.0 Å². The van der Waals surface area contributed by atoms with E-state index >= 15 is 0 Å². The van der Waals surface area contributed by atoms with E-state index in [1.165, 1.54) is 67.6 Å². The standard InChI is InChI=1S/C33H33ClFN3O5S/c1-23-9-16-28(17-10-23)44(41,42)38(29-20-26(34)13-18-31(29)43-3)22-32(39)37(21-25-11-14-27(35)15-12-25)30(33(40)36-2)19-24-7-5-4-6-8-24/h4-18,20,30H,19,21-22H2,1-3H3,(H,36,40)/t30-/m0/s1. The molecule has 0 spiro atoms. The fourth-order valence-corrected chi connectivity index (χ4v) is 6.30. The Morgan fingerprint density at radius 1 is 0.932 bits per heavy atom. The summed E-state index contributed by atoms with van der Waals surface area (Å²) >= 11 is 6.30. The Bertz CT molecular complexity index is 1700. The zero-order chi connectivity index (χ0) is 31.9. The molecule has 1 N–H and O–H groups in total. The number of nitrogens with zero attached hydrogens (tertiary/aromatic N) is 2. The second kappa shape index (κ2) is 14.4. The maximum atomic E-state index is 14.4. The first-order valence-corrected chi connectivity index (χ1v) is 15.6. The number of nitrogens with one attached hydrogen (secondary N) is 1. The smallest absolute Gasteiger partial charge is 0.264 e. The summed E-state index contributed by atoms with van der Waals surface area (Å²) in [5.41, 5.74) is 2.25. The molecule has 0 aliphatic heterocycles. The molecule has 0 unspecified atom stereocenters. The summed E-state index contributed by atoms with van der Waals surface area (Å²) in [7, 11) is -1.49. The molecule has 0 heterocycles. The molecular weight excluding hydrogens is 605 g/mol. The summed E-state index contributed by atoms with van der Waals surface area (Å²) in [6, 6.07) is 24.4. The number of carbonyl (C=O) groups excluding carboxylic acids is 2. The molecule has 2 amide bonds. The maximum absolute atomic E-state index is 14.4. The van der Waals surface area contributed by atoms with Crippen molar-refractivity contribution in [3.05, 3.63) is 125 Å². The average molecular weight is 638 g/mol. The molecular formula is C33H33ClFN3O5S. The zero-order valence-corrected chi connectivity index (χ0v) is 26.1. The Hall–Kier alpha value is -4.41. The van der Waals surface area contributed by atoms with E-state index in [4.69, 9.17) is 16.3 Å². The average Bonchev–Trinajstić information content (AvgIpc) is 3.02. The van der Waals surface area contributed by atoms with E-state index in [2.05, 4.69) is 5.32 Å². The fourth-order valence-electron chi connectivity index (χ4n) is 4.72. The van der Waals surface area contributed by atoms with E-state index in [9.17, 15) is 22.4 Å². The van der Waals surface area contributed by atoms with Gasteiger partial charge >= 0.3 is 0 Å².